The van der Waals surface area contributed by atoms with Crippen LogP contribution in [0.1, 0.15) is 29.9 Å². The molecule has 6 heteroatoms. The Kier molecular flexibility index (Phi) is 3.25. The van der Waals surface area contributed by atoms with Crippen LogP contribution in [0.3, 0.4) is 0 Å². The van der Waals surface area contributed by atoms with Gasteiger partial charge in [-0.25, -0.2) is 0 Å². The maximum absolute atomic E-state index is 10.9. The Morgan fingerprint density at radius 3 is 2.89 bits per heavy atom. The highest BCUT2D eigenvalue weighted by molar-refractivity contribution is 8.15. The van der Waals surface area contributed by atoms with Gasteiger partial charge in [-0.05, 0) is 36.5 Å². The van der Waals surface area contributed by atoms with Gasteiger partial charge >= 0.3 is 0 Å². The number of nitrogens with zero attached hydrogens (tertiary/aromatic N) is 2. The summed E-state index contributed by atoms with van der Waals surface area (Å²) in [5.41, 5.74) is 1.81. The molecule has 0 radical (unpaired) electrons. The first kappa shape index (κ1) is 12.2. The predicted molar refractivity (Wildman–Crippen MR) is 75.7 cm³/mol. The number of phenols is 1. The van der Waals surface area contributed by atoms with E-state index in [-0.39, 0.29) is 11.7 Å². The SMILES string of the molecule is O=C1CSC(=NN=Cc2ccc(C3CC3)cc2O)N1. The molecule has 1 saturated carbocycles. The molecule has 2 fully saturated rings. The summed E-state index contributed by atoms with van der Waals surface area (Å²) in [6.45, 7) is 0. The average Bonchev–Trinajstić information content (AvgIpc) is 3.15. The molecular weight excluding hydrogens is 262 g/mol. The van der Waals surface area contributed by atoms with E-state index in [1.54, 1.807) is 6.07 Å². The smallest absolute Gasteiger partial charge is 0.236 e. The van der Waals surface area contributed by atoms with Gasteiger partial charge in [0, 0.05) is 5.56 Å². The van der Waals surface area contributed by atoms with Gasteiger partial charge < -0.3 is 10.4 Å². The molecule has 0 bridgehead atoms. The molecule has 1 aromatic carbocycles. The summed E-state index contributed by atoms with van der Waals surface area (Å²) in [4.78, 5) is 10.9. The normalized spacial score (nSPS) is 21.3. The highest BCUT2D eigenvalue weighted by Crippen LogP contribution is 2.41. The molecule has 0 spiro atoms. The highest BCUT2D eigenvalue weighted by Gasteiger charge is 2.23. The zero-order valence-corrected chi connectivity index (χ0v) is 11.0. The monoisotopic (exact) mass is 275 g/mol. The highest BCUT2D eigenvalue weighted by atomic mass is 32.2. The van der Waals surface area contributed by atoms with Crippen molar-refractivity contribution in [2.75, 3.05) is 5.75 Å². The lowest BCUT2D eigenvalue weighted by Gasteiger charge is -2.01. The molecule has 1 amide bonds. The Morgan fingerprint density at radius 2 is 2.26 bits per heavy atom. The minimum absolute atomic E-state index is 0.0596. The van der Waals surface area contributed by atoms with E-state index >= 15 is 0 Å². The van der Waals surface area contributed by atoms with Crippen LogP contribution in [0.2, 0.25) is 0 Å². The third-order valence-corrected chi connectivity index (χ3v) is 3.90. The minimum Gasteiger partial charge on any atom is -0.507 e. The van der Waals surface area contributed by atoms with Crippen LogP contribution in [0.25, 0.3) is 0 Å². The molecule has 2 aliphatic rings. The molecule has 0 aromatic heterocycles. The van der Waals surface area contributed by atoms with Gasteiger partial charge in [0.2, 0.25) is 5.91 Å². The second-order valence-corrected chi connectivity index (χ2v) is 5.54. The van der Waals surface area contributed by atoms with Crippen LogP contribution in [0.15, 0.2) is 28.4 Å². The topological polar surface area (TPSA) is 74.0 Å². The first-order valence-corrected chi connectivity index (χ1v) is 7.07. The molecule has 0 atom stereocenters. The van der Waals surface area contributed by atoms with Crippen molar-refractivity contribution in [2.24, 2.45) is 10.2 Å². The summed E-state index contributed by atoms with van der Waals surface area (Å²) >= 11 is 1.32. The maximum Gasteiger partial charge on any atom is 0.236 e. The summed E-state index contributed by atoms with van der Waals surface area (Å²) in [6.07, 6.45) is 3.90. The summed E-state index contributed by atoms with van der Waals surface area (Å²) in [5, 5.41) is 20.7. The summed E-state index contributed by atoms with van der Waals surface area (Å²) in [5.74, 6) is 1.16. The van der Waals surface area contributed by atoms with Gasteiger partial charge in [0.1, 0.15) is 5.75 Å². The number of carbonyl (C=O) groups is 1. The third-order valence-electron chi connectivity index (χ3n) is 3.03. The number of hydrogen-bond donors (Lipinski definition) is 2. The Hall–Kier alpha value is -1.82. The van der Waals surface area contributed by atoms with E-state index in [2.05, 4.69) is 15.5 Å². The Morgan fingerprint density at radius 1 is 1.42 bits per heavy atom. The van der Waals surface area contributed by atoms with Gasteiger partial charge in [0.15, 0.2) is 5.17 Å². The zero-order chi connectivity index (χ0) is 13.2. The van der Waals surface area contributed by atoms with Gasteiger partial charge in [-0.1, -0.05) is 17.8 Å². The van der Waals surface area contributed by atoms with Crippen LogP contribution in [-0.2, 0) is 4.79 Å². The number of nitrogens with one attached hydrogen (secondary N) is 1. The van der Waals surface area contributed by atoms with E-state index in [0.29, 0.717) is 22.4 Å². The fraction of sp³-hybridized carbons (Fsp3) is 0.308. The molecular formula is C13H13N3O2S. The van der Waals surface area contributed by atoms with Crippen LogP contribution < -0.4 is 5.32 Å². The van der Waals surface area contributed by atoms with Gasteiger partial charge in [-0.3, -0.25) is 4.79 Å². The molecule has 5 nitrogen and oxygen atoms in total. The van der Waals surface area contributed by atoms with Crippen molar-refractivity contribution in [1.29, 1.82) is 0 Å². The number of hydrogen-bond acceptors (Lipinski definition) is 5. The van der Waals surface area contributed by atoms with Crippen molar-refractivity contribution >= 4 is 29.1 Å². The van der Waals surface area contributed by atoms with Crippen molar-refractivity contribution in [3.8, 4) is 5.75 Å². The predicted octanol–water partition coefficient (Wildman–Crippen LogP) is 1.82. The van der Waals surface area contributed by atoms with E-state index in [1.807, 2.05) is 12.1 Å². The number of amidine groups is 1. The first-order valence-electron chi connectivity index (χ1n) is 6.09. The Bertz CT molecular complexity index is 579. The molecule has 2 N–H and O–H groups in total. The van der Waals surface area contributed by atoms with Crippen LogP contribution in [-0.4, -0.2) is 28.1 Å². The number of phenolic OH excluding ortho intramolecular Hbond substituents is 1. The van der Waals surface area contributed by atoms with E-state index in [9.17, 15) is 9.90 Å². The quantitative estimate of drug-likeness (QED) is 0.652. The van der Waals surface area contributed by atoms with Crippen LogP contribution in [0, 0.1) is 0 Å². The minimum atomic E-state index is -0.0596. The maximum atomic E-state index is 10.9. The lowest BCUT2D eigenvalue weighted by Crippen LogP contribution is -2.19. The second-order valence-electron chi connectivity index (χ2n) is 4.58. The molecule has 1 aliphatic carbocycles. The standard InChI is InChI=1S/C13H13N3O2S/c17-11-5-9(8-1-2-8)3-4-10(11)6-14-16-13-15-12(18)7-19-13/h3-6,8,17H,1-2,7H2,(H,15,16,18). The second kappa shape index (κ2) is 5.05. The van der Waals surface area contributed by atoms with Crippen LogP contribution in [0.5, 0.6) is 5.75 Å². The molecule has 0 unspecified atom stereocenters. The van der Waals surface area contributed by atoms with Crippen LogP contribution >= 0.6 is 11.8 Å². The van der Waals surface area contributed by atoms with Gasteiger partial charge in [-0.15, -0.1) is 5.10 Å². The van der Waals surface area contributed by atoms with Crippen molar-refractivity contribution in [3.05, 3.63) is 29.3 Å². The molecule has 3 rings (SSSR count). The number of benzene rings is 1. The summed E-state index contributed by atoms with van der Waals surface area (Å²) < 4.78 is 0. The fourth-order valence-electron chi connectivity index (χ4n) is 1.86. The molecule has 1 aromatic rings. The molecule has 1 saturated heterocycles. The van der Waals surface area contributed by atoms with Gasteiger partial charge in [-0.2, -0.15) is 5.10 Å². The van der Waals surface area contributed by atoms with Crippen molar-refractivity contribution in [1.82, 2.24) is 5.32 Å². The first-order chi connectivity index (χ1) is 9.22. The molecule has 19 heavy (non-hydrogen) atoms. The van der Waals surface area contributed by atoms with E-state index in [0.717, 1.165) is 0 Å². The lowest BCUT2D eigenvalue weighted by molar-refractivity contribution is -0.116. The van der Waals surface area contributed by atoms with Gasteiger partial charge in [0.05, 0.1) is 12.0 Å². The number of carbonyl (C=O) groups excluding carboxylic acids is 1. The third kappa shape index (κ3) is 2.96. The van der Waals surface area contributed by atoms with Crippen LogP contribution in [0.4, 0.5) is 0 Å². The zero-order valence-electron chi connectivity index (χ0n) is 10.2. The van der Waals surface area contributed by atoms with Crippen molar-refractivity contribution in [2.45, 2.75) is 18.8 Å². The van der Waals surface area contributed by atoms with E-state index < -0.39 is 0 Å². The van der Waals surface area contributed by atoms with E-state index in [1.165, 1.54) is 36.4 Å². The Balaban J connectivity index is 1.70. The van der Waals surface area contributed by atoms with Crippen molar-refractivity contribution < 1.29 is 9.90 Å². The number of aromatic hydroxyl groups is 1. The number of thioether (sulfide) groups is 1. The molecule has 1 aliphatic heterocycles. The fourth-order valence-corrected chi connectivity index (χ4v) is 2.49. The Labute approximate surface area is 114 Å². The number of rotatable bonds is 3. The summed E-state index contributed by atoms with van der Waals surface area (Å²) in [7, 11) is 0. The average molecular weight is 275 g/mol. The lowest BCUT2D eigenvalue weighted by atomic mass is 10.1. The molecule has 1 heterocycles. The largest absolute Gasteiger partial charge is 0.507 e. The molecule has 98 valence electrons. The van der Waals surface area contributed by atoms with E-state index in [4.69, 9.17) is 0 Å². The summed E-state index contributed by atoms with van der Waals surface area (Å²) in [6, 6.07) is 5.64. The van der Waals surface area contributed by atoms with Crippen molar-refractivity contribution in [3.63, 3.8) is 0 Å². The number of amides is 1. The van der Waals surface area contributed by atoms with Gasteiger partial charge in [0.25, 0.3) is 0 Å².